The van der Waals surface area contributed by atoms with Crippen molar-refractivity contribution in [1.82, 2.24) is 10.0 Å². The van der Waals surface area contributed by atoms with Gasteiger partial charge < -0.3 is 10.2 Å². The molecule has 0 saturated heterocycles. The van der Waals surface area contributed by atoms with Gasteiger partial charge in [0, 0.05) is 19.2 Å². The number of benzene rings is 3. The number of aryl methyl sites for hydroxylation is 2. The number of carbonyl (C=O) groups excluding carboxylic acids is 2. The molecule has 0 unspecified atom stereocenters. The van der Waals surface area contributed by atoms with Gasteiger partial charge in [0.05, 0.1) is 4.90 Å². The van der Waals surface area contributed by atoms with Crippen LogP contribution < -0.4 is 14.9 Å². The molecular weight excluding hydrogens is 450 g/mol. The quantitative estimate of drug-likeness (QED) is 0.513. The molecule has 0 aliphatic carbocycles. The second-order valence-electron chi connectivity index (χ2n) is 8.01. The summed E-state index contributed by atoms with van der Waals surface area (Å²) >= 11 is 0. The van der Waals surface area contributed by atoms with E-state index in [1.807, 2.05) is 66.2 Å². The van der Waals surface area contributed by atoms with Gasteiger partial charge in [-0.1, -0.05) is 67.6 Å². The van der Waals surface area contributed by atoms with Crippen molar-refractivity contribution in [2.24, 2.45) is 0 Å². The molecule has 0 bridgehead atoms. The predicted molar refractivity (Wildman–Crippen MR) is 133 cm³/mol. The highest BCUT2D eigenvalue weighted by Crippen LogP contribution is 2.18. The monoisotopic (exact) mass is 479 g/mol. The first-order valence-corrected chi connectivity index (χ1v) is 12.5. The number of rotatable bonds is 8. The number of nitrogens with one attached hydrogen (secondary N) is 2. The Bertz CT molecular complexity index is 1260. The molecule has 3 aromatic rings. The number of likely N-dealkylation sites (N-methyl/N-ethyl adjacent to an activating group) is 1. The van der Waals surface area contributed by atoms with E-state index in [2.05, 4.69) is 5.32 Å². The summed E-state index contributed by atoms with van der Waals surface area (Å²) in [4.78, 5) is 27.6. The van der Waals surface area contributed by atoms with Crippen LogP contribution in [-0.2, 0) is 27.7 Å². The van der Waals surface area contributed by atoms with E-state index in [4.69, 9.17) is 0 Å². The standard InChI is InChI=1S/C26H29N3O4S/c1-4-20-14-10-15-22(17-20)29(3)25(30)23(18-21-12-6-5-7-13-21)27-26(31)28-34(32,33)24-16-9-8-11-19(24)2/h5-17,23H,4,18H2,1-3H3,(H2,27,28,31)/t23-/m0/s1. The predicted octanol–water partition coefficient (Wildman–Crippen LogP) is 3.82. The van der Waals surface area contributed by atoms with Crippen LogP contribution in [0.4, 0.5) is 10.5 Å². The number of urea groups is 1. The molecule has 0 aliphatic rings. The minimum absolute atomic E-state index is 0.00424. The van der Waals surface area contributed by atoms with Crippen LogP contribution in [0, 0.1) is 6.92 Å². The van der Waals surface area contributed by atoms with Crippen LogP contribution in [-0.4, -0.2) is 33.4 Å². The van der Waals surface area contributed by atoms with Crippen LogP contribution in [0.3, 0.4) is 0 Å². The Kier molecular flexibility index (Phi) is 8.07. The molecule has 0 radical (unpaired) electrons. The first-order chi connectivity index (χ1) is 16.2. The van der Waals surface area contributed by atoms with Crippen LogP contribution in [0.15, 0.2) is 83.8 Å². The smallest absolute Gasteiger partial charge is 0.325 e. The highest BCUT2D eigenvalue weighted by atomic mass is 32.2. The number of anilines is 1. The summed E-state index contributed by atoms with van der Waals surface area (Å²) in [5, 5.41) is 2.57. The molecular formula is C26H29N3O4S. The SMILES string of the molecule is CCc1cccc(N(C)C(=O)[C@H](Cc2ccccc2)NC(=O)NS(=O)(=O)c2ccccc2C)c1. The van der Waals surface area contributed by atoms with E-state index in [1.54, 1.807) is 32.2 Å². The van der Waals surface area contributed by atoms with Gasteiger partial charge in [-0.05, 0) is 48.2 Å². The van der Waals surface area contributed by atoms with Crippen LogP contribution >= 0.6 is 0 Å². The molecule has 0 saturated carbocycles. The first kappa shape index (κ1) is 25.0. The first-order valence-electron chi connectivity index (χ1n) is 11.0. The summed E-state index contributed by atoms with van der Waals surface area (Å²) in [5.74, 6) is -0.361. The van der Waals surface area contributed by atoms with E-state index >= 15 is 0 Å². The molecule has 3 aromatic carbocycles. The lowest BCUT2D eigenvalue weighted by Crippen LogP contribution is -2.52. The van der Waals surface area contributed by atoms with E-state index in [1.165, 1.54) is 11.0 Å². The summed E-state index contributed by atoms with van der Waals surface area (Å²) in [7, 11) is -2.47. The maximum atomic E-state index is 13.4. The van der Waals surface area contributed by atoms with E-state index in [-0.39, 0.29) is 17.2 Å². The van der Waals surface area contributed by atoms with Gasteiger partial charge in [-0.15, -0.1) is 0 Å². The summed E-state index contributed by atoms with van der Waals surface area (Å²) in [6.45, 7) is 3.67. The highest BCUT2D eigenvalue weighted by molar-refractivity contribution is 7.90. The zero-order chi connectivity index (χ0) is 24.7. The van der Waals surface area contributed by atoms with Crippen LogP contribution in [0.1, 0.15) is 23.6 Å². The molecule has 2 N–H and O–H groups in total. The fraction of sp³-hybridized carbons (Fsp3) is 0.231. The maximum Gasteiger partial charge on any atom is 0.329 e. The molecule has 7 nitrogen and oxygen atoms in total. The van der Waals surface area contributed by atoms with Gasteiger partial charge in [-0.25, -0.2) is 17.9 Å². The Morgan fingerprint density at radius 3 is 2.24 bits per heavy atom. The van der Waals surface area contributed by atoms with Gasteiger partial charge in [0.1, 0.15) is 6.04 Å². The van der Waals surface area contributed by atoms with E-state index in [9.17, 15) is 18.0 Å². The van der Waals surface area contributed by atoms with Crippen molar-refractivity contribution in [3.8, 4) is 0 Å². The lowest BCUT2D eigenvalue weighted by atomic mass is 10.0. The number of sulfonamides is 1. The molecule has 8 heteroatoms. The number of amides is 3. The van der Waals surface area contributed by atoms with E-state index in [0.717, 1.165) is 17.5 Å². The Morgan fingerprint density at radius 2 is 1.56 bits per heavy atom. The molecule has 0 heterocycles. The average Bonchev–Trinajstić information content (AvgIpc) is 2.83. The largest absolute Gasteiger partial charge is 0.329 e. The van der Waals surface area contributed by atoms with Gasteiger partial charge in [0.25, 0.3) is 10.0 Å². The van der Waals surface area contributed by atoms with Crippen molar-refractivity contribution < 1.29 is 18.0 Å². The Hall–Kier alpha value is -3.65. The van der Waals surface area contributed by atoms with Crippen molar-refractivity contribution >= 4 is 27.6 Å². The molecule has 0 spiro atoms. The van der Waals surface area contributed by atoms with Gasteiger partial charge in [0.15, 0.2) is 0 Å². The second-order valence-corrected chi connectivity index (χ2v) is 9.66. The van der Waals surface area contributed by atoms with Crippen LogP contribution in [0.2, 0.25) is 0 Å². The molecule has 0 aromatic heterocycles. The minimum Gasteiger partial charge on any atom is -0.325 e. The molecule has 3 amide bonds. The normalized spacial score (nSPS) is 12.0. The summed E-state index contributed by atoms with van der Waals surface area (Å²) < 4.78 is 27.5. The van der Waals surface area contributed by atoms with Gasteiger partial charge in [-0.3, -0.25) is 4.79 Å². The lowest BCUT2D eigenvalue weighted by molar-refractivity contribution is -0.120. The van der Waals surface area contributed by atoms with Gasteiger partial charge in [0.2, 0.25) is 5.91 Å². The lowest BCUT2D eigenvalue weighted by Gasteiger charge is -2.25. The third-order valence-electron chi connectivity index (χ3n) is 5.53. The van der Waals surface area contributed by atoms with Crippen molar-refractivity contribution in [2.75, 3.05) is 11.9 Å². The number of hydrogen-bond donors (Lipinski definition) is 2. The Labute approximate surface area is 200 Å². The number of hydrogen-bond acceptors (Lipinski definition) is 4. The molecule has 1 atom stereocenters. The van der Waals surface area contributed by atoms with Crippen LogP contribution in [0.25, 0.3) is 0 Å². The molecule has 0 aliphatic heterocycles. The van der Waals surface area contributed by atoms with Crippen molar-refractivity contribution in [1.29, 1.82) is 0 Å². The van der Waals surface area contributed by atoms with E-state index in [0.29, 0.717) is 11.3 Å². The summed E-state index contributed by atoms with van der Waals surface area (Å²) in [6, 6.07) is 21.2. The fourth-order valence-electron chi connectivity index (χ4n) is 3.62. The Balaban J connectivity index is 1.83. The van der Waals surface area contributed by atoms with Gasteiger partial charge in [-0.2, -0.15) is 0 Å². The molecule has 3 rings (SSSR count). The third-order valence-corrected chi connectivity index (χ3v) is 7.02. The maximum absolute atomic E-state index is 13.4. The Morgan fingerprint density at radius 1 is 0.912 bits per heavy atom. The number of nitrogens with zero attached hydrogens (tertiary/aromatic N) is 1. The third kappa shape index (κ3) is 6.23. The second kappa shape index (κ2) is 11.0. The molecule has 0 fully saturated rings. The minimum atomic E-state index is -4.10. The molecule has 178 valence electrons. The zero-order valence-electron chi connectivity index (χ0n) is 19.5. The van der Waals surface area contributed by atoms with Crippen molar-refractivity contribution in [2.45, 2.75) is 37.6 Å². The average molecular weight is 480 g/mol. The van der Waals surface area contributed by atoms with Crippen LogP contribution in [0.5, 0.6) is 0 Å². The molecule has 34 heavy (non-hydrogen) atoms. The van der Waals surface area contributed by atoms with Gasteiger partial charge >= 0.3 is 6.03 Å². The topological polar surface area (TPSA) is 95.6 Å². The summed E-state index contributed by atoms with van der Waals surface area (Å²) in [5.41, 5.74) is 3.11. The zero-order valence-corrected chi connectivity index (χ0v) is 20.3. The number of carbonyl (C=O) groups is 2. The van der Waals surface area contributed by atoms with Crippen molar-refractivity contribution in [3.63, 3.8) is 0 Å². The summed E-state index contributed by atoms with van der Waals surface area (Å²) in [6.07, 6.45) is 1.02. The highest BCUT2D eigenvalue weighted by Gasteiger charge is 2.27. The fourth-order valence-corrected chi connectivity index (χ4v) is 4.78. The van der Waals surface area contributed by atoms with Crippen molar-refractivity contribution in [3.05, 3.63) is 95.6 Å². The van der Waals surface area contributed by atoms with E-state index < -0.39 is 22.1 Å².